The topological polar surface area (TPSA) is 52.7 Å². The zero-order valence-electron chi connectivity index (χ0n) is 12.7. The first-order valence-electron chi connectivity index (χ1n) is 7.88. The van der Waals surface area contributed by atoms with Crippen molar-refractivity contribution in [3.63, 3.8) is 0 Å². The third-order valence-corrected chi connectivity index (χ3v) is 4.57. The van der Waals surface area contributed by atoms with E-state index in [1.807, 2.05) is 6.92 Å². The summed E-state index contributed by atoms with van der Waals surface area (Å²) in [6, 6.07) is 0. The number of piperidine rings is 1. The van der Waals surface area contributed by atoms with Crippen molar-refractivity contribution in [2.75, 3.05) is 39.3 Å². The van der Waals surface area contributed by atoms with E-state index in [0.717, 1.165) is 25.6 Å². The van der Waals surface area contributed by atoms with Crippen LogP contribution in [0.1, 0.15) is 33.1 Å². The molecule has 2 rings (SSSR count). The standard InChI is InChI=1S/C15H27N3O2/c1-3-18-11-13(10-14(18)19)15(20)16-6-9-17-7-4-12(2)5-8-17/h12-13H,3-11H2,1-2H3,(H,16,20)/t13-/m0/s1. The lowest BCUT2D eigenvalue weighted by Gasteiger charge is -2.30. The van der Waals surface area contributed by atoms with Gasteiger partial charge in [-0.2, -0.15) is 0 Å². The van der Waals surface area contributed by atoms with Gasteiger partial charge in [0.05, 0.1) is 5.92 Å². The van der Waals surface area contributed by atoms with Gasteiger partial charge in [-0.1, -0.05) is 6.92 Å². The molecule has 20 heavy (non-hydrogen) atoms. The van der Waals surface area contributed by atoms with Gasteiger partial charge in [0.1, 0.15) is 0 Å². The molecule has 0 aliphatic carbocycles. The molecule has 5 heteroatoms. The van der Waals surface area contributed by atoms with Crippen LogP contribution in [-0.4, -0.2) is 60.9 Å². The maximum atomic E-state index is 12.0. The Balaban J connectivity index is 1.64. The molecular formula is C15H27N3O2. The highest BCUT2D eigenvalue weighted by molar-refractivity contribution is 5.89. The molecule has 0 saturated carbocycles. The monoisotopic (exact) mass is 281 g/mol. The summed E-state index contributed by atoms with van der Waals surface area (Å²) in [7, 11) is 0. The highest BCUT2D eigenvalue weighted by atomic mass is 16.2. The zero-order valence-corrected chi connectivity index (χ0v) is 12.7. The quantitative estimate of drug-likeness (QED) is 0.807. The summed E-state index contributed by atoms with van der Waals surface area (Å²) >= 11 is 0. The maximum absolute atomic E-state index is 12.0. The van der Waals surface area contributed by atoms with Gasteiger partial charge in [0.15, 0.2) is 0 Å². The van der Waals surface area contributed by atoms with Crippen molar-refractivity contribution in [2.24, 2.45) is 11.8 Å². The van der Waals surface area contributed by atoms with Gasteiger partial charge >= 0.3 is 0 Å². The van der Waals surface area contributed by atoms with Crippen molar-refractivity contribution in [1.29, 1.82) is 0 Å². The molecule has 2 amide bonds. The first-order chi connectivity index (χ1) is 9.60. The van der Waals surface area contributed by atoms with Crippen LogP contribution in [0.25, 0.3) is 0 Å². The van der Waals surface area contributed by atoms with Crippen molar-refractivity contribution in [3.05, 3.63) is 0 Å². The van der Waals surface area contributed by atoms with Gasteiger partial charge in [0.25, 0.3) is 0 Å². The molecule has 0 aromatic carbocycles. The van der Waals surface area contributed by atoms with E-state index >= 15 is 0 Å². The highest BCUT2D eigenvalue weighted by Crippen LogP contribution is 2.17. The summed E-state index contributed by atoms with van der Waals surface area (Å²) in [5, 5.41) is 2.99. The van der Waals surface area contributed by atoms with Gasteiger partial charge in [0.2, 0.25) is 11.8 Å². The number of rotatable bonds is 5. The molecule has 0 aromatic rings. The summed E-state index contributed by atoms with van der Waals surface area (Å²) in [6.07, 6.45) is 2.90. The fraction of sp³-hybridized carbons (Fsp3) is 0.867. The molecule has 2 aliphatic rings. The number of nitrogens with zero attached hydrogens (tertiary/aromatic N) is 2. The number of hydrogen-bond acceptors (Lipinski definition) is 3. The summed E-state index contributed by atoms with van der Waals surface area (Å²) in [4.78, 5) is 27.8. The van der Waals surface area contributed by atoms with E-state index in [9.17, 15) is 9.59 Å². The molecular weight excluding hydrogens is 254 g/mol. The first kappa shape index (κ1) is 15.3. The van der Waals surface area contributed by atoms with Crippen molar-refractivity contribution < 1.29 is 9.59 Å². The summed E-state index contributed by atoms with van der Waals surface area (Å²) < 4.78 is 0. The smallest absolute Gasteiger partial charge is 0.225 e. The number of amides is 2. The number of nitrogens with one attached hydrogen (secondary N) is 1. The van der Waals surface area contributed by atoms with Gasteiger partial charge in [-0.05, 0) is 38.8 Å². The van der Waals surface area contributed by atoms with E-state index in [2.05, 4.69) is 17.1 Å². The predicted octanol–water partition coefficient (Wildman–Crippen LogP) is 0.703. The minimum Gasteiger partial charge on any atom is -0.355 e. The van der Waals surface area contributed by atoms with Crippen LogP contribution >= 0.6 is 0 Å². The Morgan fingerprint density at radius 3 is 2.65 bits per heavy atom. The van der Waals surface area contributed by atoms with E-state index in [0.29, 0.717) is 26.1 Å². The van der Waals surface area contributed by atoms with Gasteiger partial charge in [0, 0.05) is 32.6 Å². The van der Waals surface area contributed by atoms with Gasteiger partial charge in [-0.15, -0.1) is 0 Å². The Morgan fingerprint density at radius 2 is 2.05 bits per heavy atom. The molecule has 0 spiro atoms. The van der Waals surface area contributed by atoms with Gasteiger partial charge < -0.3 is 15.1 Å². The van der Waals surface area contributed by atoms with Crippen LogP contribution in [0.15, 0.2) is 0 Å². The SMILES string of the molecule is CCN1C[C@@H](C(=O)NCCN2CCC(C)CC2)CC1=O. The molecule has 2 saturated heterocycles. The second kappa shape index (κ2) is 7.07. The fourth-order valence-corrected chi connectivity index (χ4v) is 3.02. The van der Waals surface area contributed by atoms with Crippen molar-refractivity contribution in [2.45, 2.75) is 33.1 Å². The van der Waals surface area contributed by atoms with E-state index in [1.54, 1.807) is 4.90 Å². The van der Waals surface area contributed by atoms with Crippen molar-refractivity contribution >= 4 is 11.8 Å². The Labute approximate surface area is 121 Å². The predicted molar refractivity (Wildman–Crippen MR) is 78.2 cm³/mol. The van der Waals surface area contributed by atoms with E-state index in [4.69, 9.17) is 0 Å². The molecule has 0 unspecified atom stereocenters. The lowest BCUT2D eigenvalue weighted by atomic mass is 9.99. The Kier molecular flexibility index (Phi) is 5.40. The Hall–Kier alpha value is -1.10. The van der Waals surface area contributed by atoms with Gasteiger partial charge in [-0.3, -0.25) is 9.59 Å². The molecule has 0 aromatic heterocycles. The highest BCUT2D eigenvalue weighted by Gasteiger charge is 2.33. The molecule has 2 aliphatic heterocycles. The number of likely N-dealkylation sites (tertiary alicyclic amines) is 2. The molecule has 1 atom stereocenters. The van der Waals surface area contributed by atoms with Crippen molar-refractivity contribution in [1.82, 2.24) is 15.1 Å². The summed E-state index contributed by atoms with van der Waals surface area (Å²) in [6.45, 7) is 9.45. The van der Waals surface area contributed by atoms with Crippen molar-refractivity contribution in [3.8, 4) is 0 Å². The molecule has 0 radical (unpaired) electrons. The molecule has 114 valence electrons. The van der Waals surface area contributed by atoms with E-state index in [-0.39, 0.29) is 17.7 Å². The fourth-order valence-electron chi connectivity index (χ4n) is 3.02. The van der Waals surface area contributed by atoms with Crippen LogP contribution in [0.2, 0.25) is 0 Å². The van der Waals surface area contributed by atoms with Crippen LogP contribution in [0.3, 0.4) is 0 Å². The van der Waals surface area contributed by atoms with Crippen LogP contribution in [0.4, 0.5) is 0 Å². The number of carbonyl (C=O) groups is 2. The lowest BCUT2D eigenvalue weighted by molar-refractivity contribution is -0.128. The van der Waals surface area contributed by atoms with Gasteiger partial charge in [-0.25, -0.2) is 0 Å². The summed E-state index contributed by atoms with van der Waals surface area (Å²) in [5.74, 6) is 0.839. The summed E-state index contributed by atoms with van der Waals surface area (Å²) in [5.41, 5.74) is 0. The Bertz CT molecular complexity index is 351. The molecule has 0 bridgehead atoms. The second-order valence-corrected chi connectivity index (χ2v) is 6.15. The average Bonchev–Trinajstić information content (AvgIpc) is 2.82. The van der Waals surface area contributed by atoms with Crippen LogP contribution in [0, 0.1) is 11.8 Å². The normalized spacial score (nSPS) is 25.2. The molecule has 2 heterocycles. The third-order valence-electron chi connectivity index (χ3n) is 4.57. The first-order valence-corrected chi connectivity index (χ1v) is 7.88. The molecule has 5 nitrogen and oxygen atoms in total. The van der Waals surface area contributed by atoms with E-state index < -0.39 is 0 Å². The number of carbonyl (C=O) groups excluding carboxylic acids is 2. The van der Waals surface area contributed by atoms with Crippen LogP contribution in [-0.2, 0) is 9.59 Å². The molecule has 1 N–H and O–H groups in total. The largest absolute Gasteiger partial charge is 0.355 e. The number of hydrogen-bond donors (Lipinski definition) is 1. The third kappa shape index (κ3) is 3.95. The minimum absolute atomic E-state index is 0.0414. The second-order valence-electron chi connectivity index (χ2n) is 6.15. The van der Waals surface area contributed by atoms with Crippen LogP contribution in [0.5, 0.6) is 0 Å². The van der Waals surface area contributed by atoms with Crippen LogP contribution < -0.4 is 5.32 Å². The van der Waals surface area contributed by atoms with E-state index in [1.165, 1.54) is 12.8 Å². The zero-order chi connectivity index (χ0) is 14.5. The average molecular weight is 281 g/mol. The Morgan fingerprint density at radius 1 is 1.35 bits per heavy atom. The maximum Gasteiger partial charge on any atom is 0.225 e. The lowest BCUT2D eigenvalue weighted by Crippen LogP contribution is -2.41. The minimum atomic E-state index is -0.149. The molecule has 2 fully saturated rings.